The van der Waals surface area contributed by atoms with Crippen LogP contribution in [-0.4, -0.2) is 11.4 Å². The topological polar surface area (TPSA) is 24.7 Å². The Morgan fingerprint density at radius 3 is 1.02 bits per heavy atom. The van der Waals surface area contributed by atoms with Gasteiger partial charge in [-0.3, -0.25) is 9.98 Å². The zero-order chi connectivity index (χ0) is 29.7. The summed E-state index contributed by atoms with van der Waals surface area (Å²) in [4.78, 5) is 10.9. The first kappa shape index (κ1) is 38.5. The molecule has 42 heavy (non-hydrogen) atoms. The van der Waals surface area contributed by atoms with Gasteiger partial charge in [0.15, 0.2) is 0 Å². The van der Waals surface area contributed by atoms with Crippen LogP contribution in [0.2, 0.25) is 0 Å². The molecule has 2 rings (SSSR count). The molecule has 3 heteroatoms. The van der Waals surface area contributed by atoms with Crippen molar-refractivity contribution in [3.63, 3.8) is 0 Å². The molecule has 0 N–H and O–H groups in total. The number of benzene rings is 2. The van der Waals surface area contributed by atoms with Gasteiger partial charge in [-0.05, 0) is 124 Å². The van der Waals surface area contributed by atoms with E-state index in [0.717, 1.165) is 56.3 Å². The summed E-state index contributed by atoms with van der Waals surface area (Å²) in [6.07, 6.45) is 22.4. The summed E-state index contributed by atoms with van der Waals surface area (Å²) in [6, 6.07) is 14.3. The van der Waals surface area contributed by atoms with E-state index in [-0.39, 0.29) is 20.4 Å². The molecule has 0 spiro atoms. The Balaban J connectivity index is 0.00000882. The molecule has 0 atom stereocenters. The average Bonchev–Trinajstić information content (AvgIpc) is 2.98. The molecular formula is C39H62N2Pd. The summed E-state index contributed by atoms with van der Waals surface area (Å²) in [6.45, 7) is 13.7. The van der Waals surface area contributed by atoms with Gasteiger partial charge in [-0.25, -0.2) is 0 Å². The van der Waals surface area contributed by atoms with Gasteiger partial charge in [-0.15, -0.1) is 0 Å². The monoisotopic (exact) mass is 664 g/mol. The van der Waals surface area contributed by atoms with E-state index in [1.165, 1.54) is 111 Å². The van der Waals surface area contributed by atoms with Gasteiger partial charge in [0.1, 0.15) is 0 Å². The molecule has 0 saturated heterocycles. The van der Waals surface area contributed by atoms with E-state index in [1.54, 1.807) is 0 Å². The maximum Gasteiger partial charge on any atom is 0.0639 e. The van der Waals surface area contributed by atoms with E-state index in [0.29, 0.717) is 0 Å². The van der Waals surface area contributed by atoms with Crippen LogP contribution in [0.1, 0.15) is 160 Å². The van der Waals surface area contributed by atoms with Crippen molar-refractivity contribution >= 4 is 22.8 Å². The number of unbranched alkanes of at least 4 members (excludes halogenated alkanes) is 7. The molecule has 0 radical (unpaired) electrons. The zero-order valence-electron chi connectivity index (χ0n) is 28.1. The molecule has 0 fully saturated rings. The Labute approximate surface area is 274 Å². The van der Waals surface area contributed by atoms with Crippen LogP contribution in [0.25, 0.3) is 0 Å². The van der Waals surface area contributed by atoms with Gasteiger partial charge < -0.3 is 0 Å². The minimum absolute atomic E-state index is 0. The molecule has 2 aromatic rings. The number of hydrogen-bond acceptors (Lipinski definition) is 2. The molecule has 0 aliphatic heterocycles. The van der Waals surface area contributed by atoms with Crippen LogP contribution in [-0.2, 0) is 46.1 Å². The van der Waals surface area contributed by atoms with Gasteiger partial charge in [-0.1, -0.05) is 98.6 Å². The van der Waals surface area contributed by atoms with Crippen LogP contribution >= 0.6 is 0 Å². The molecule has 238 valence electrons. The Morgan fingerprint density at radius 2 is 0.714 bits per heavy atom. The molecule has 0 bridgehead atoms. The summed E-state index contributed by atoms with van der Waals surface area (Å²) < 4.78 is 0. The number of rotatable bonds is 22. The van der Waals surface area contributed by atoms with Crippen LogP contribution < -0.4 is 0 Å². The van der Waals surface area contributed by atoms with Gasteiger partial charge >= 0.3 is 0 Å². The van der Waals surface area contributed by atoms with E-state index < -0.39 is 0 Å². The van der Waals surface area contributed by atoms with Crippen molar-refractivity contribution in [1.82, 2.24) is 0 Å². The standard InChI is InChI=1S/C39H62N2.Pd/c1-7-13-19-25-39(41-37-30-34(22-16-10-4)27-35(31-37)23-17-11-5)38(24-18-12-6)40-36-28-32(20-14-8-2)26-33(29-36)21-15-9-3;/h26-31H,7-25H2,1-6H3;. The maximum atomic E-state index is 5.45. The Bertz CT molecular complexity index is 1000. The minimum Gasteiger partial charge on any atom is -0.252 e. The first-order chi connectivity index (χ1) is 20.1. The SMILES string of the molecule is CCCCCC(=Nc1cc(CCCC)cc(CCCC)c1)C(CCCC)=Nc1cc(CCCC)cc(CCCC)c1.[Pd]. The fraction of sp³-hybridized carbons (Fsp3) is 0.641. The fourth-order valence-corrected chi connectivity index (χ4v) is 5.44. The second-order valence-corrected chi connectivity index (χ2v) is 12.1. The van der Waals surface area contributed by atoms with Crippen molar-refractivity contribution in [3.8, 4) is 0 Å². The van der Waals surface area contributed by atoms with Gasteiger partial charge in [-0.2, -0.15) is 0 Å². The van der Waals surface area contributed by atoms with Crippen molar-refractivity contribution < 1.29 is 20.4 Å². The molecule has 0 heterocycles. The number of aliphatic imine (C=N–C) groups is 2. The third kappa shape index (κ3) is 15.3. The zero-order valence-corrected chi connectivity index (χ0v) is 29.7. The van der Waals surface area contributed by atoms with Crippen LogP contribution in [0.5, 0.6) is 0 Å². The number of nitrogens with zero attached hydrogens (tertiary/aromatic N) is 2. The summed E-state index contributed by atoms with van der Waals surface area (Å²) in [5.41, 5.74) is 10.5. The first-order valence-electron chi connectivity index (χ1n) is 17.5. The molecule has 0 saturated carbocycles. The molecule has 0 aliphatic rings. The first-order valence-corrected chi connectivity index (χ1v) is 17.5. The Morgan fingerprint density at radius 1 is 0.405 bits per heavy atom. The van der Waals surface area contributed by atoms with E-state index in [4.69, 9.17) is 9.98 Å². The average molecular weight is 665 g/mol. The molecule has 2 nitrogen and oxygen atoms in total. The molecule has 0 aliphatic carbocycles. The van der Waals surface area contributed by atoms with Gasteiger partial charge in [0.05, 0.1) is 22.8 Å². The van der Waals surface area contributed by atoms with Crippen molar-refractivity contribution in [1.29, 1.82) is 0 Å². The van der Waals surface area contributed by atoms with Crippen molar-refractivity contribution in [2.45, 2.75) is 164 Å². The molecule has 0 unspecified atom stereocenters. The van der Waals surface area contributed by atoms with Gasteiger partial charge in [0.25, 0.3) is 0 Å². The van der Waals surface area contributed by atoms with Crippen LogP contribution in [0.3, 0.4) is 0 Å². The second-order valence-electron chi connectivity index (χ2n) is 12.1. The van der Waals surface area contributed by atoms with Crippen LogP contribution in [0, 0.1) is 0 Å². The van der Waals surface area contributed by atoms with Crippen molar-refractivity contribution in [3.05, 3.63) is 58.7 Å². The molecule has 0 aromatic heterocycles. The predicted octanol–water partition coefficient (Wildman–Crippen LogP) is 12.7. The van der Waals surface area contributed by atoms with Crippen molar-refractivity contribution in [2.75, 3.05) is 0 Å². The van der Waals surface area contributed by atoms with E-state index in [2.05, 4.69) is 77.9 Å². The number of aryl methyl sites for hydroxylation is 4. The van der Waals surface area contributed by atoms with Gasteiger partial charge in [0.2, 0.25) is 0 Å². The smallest absolute Gasteiger partial charge is 0.0639 e. The Hall–Kier alpha value is -1.56. The van der Waals surface area contributed by atoms with Crippen molar-refractivity contribution in [2.24, 2.45) is 9.98 Å². The van der Waals surface area contributed by atoms with Gasteiger partial charge in [0, 0.05) is 20.4 Å². The minimum atomic E-state index is 0. The summed E-state index contributed by atoms with van der Waals surface area (Å²) in [7, 11) is 0. The largest absolute Gasteiger partial charge is 0.252 e. The Kier molecular flexibility index (Phi) is 21.8. The third-order valence-electron chi connectivity index (χ3n) is 8.00. The van der Waals surface area contributed by atoms with E-state index >= 15 is 0 Å². The van der Waals surface area contributed by atoms with E-state index in [9.17, 15) is 0 Å². The normalized spacial score (nSPS) is 12.0. The maximum absolute atomic E-state index is 5.45. The van der Waals surface area contributed by atoms with E-state index in [1.807, 2.05) is 0 Å². The molecule has 0 amide bonds. The number of hydrogen-bond donors (Lipinski definition) is 0. The summed E-state index contributed by atoms with van der Waals surface area (Å²) >= 11 is 0. The predicted molar refractivity (Wildman–Crippen MR) is 185 cm³/mol. The third-order valence-corrected chi connectivity index (χ3v) is 8.00. The van der Waals surface area contributed by atoms with Crippen LogP contribution in [0.15, 0.2) is 46.4 Å². The summed E-state index contributed by atoms with van der Waals surface area (Å²) in [5.74, 6) is 0. The fourth-order valence-electron chi connectivity index (χ4n) is 5.44. The van der Waals surface area contributed by atoms with Crippen LogP contribution in [0.4, 0.5) is 11.4 Å². The molecule has 2 aromatic carbocycles. The second kappa shape index (κ2) is 23.8. The molecular weight excluding hydrogens is 603 g/mol. The summed E-state index contributed by atoms with van der Waals surface area (Å²) in [5, 5.41) is 0. The quantitative estimate of drug-likeness (QED) is 0.0680.